The standard InChI is InChI=1S/C9H15NO2/c1-6-4-5-9(7(2)11)10(6)8(3)12/h6,9H,4-5H2,1-3H3/t6-,9-/m0/s1. The van der Waals surface area contributed by atoms with Crippen molar-refractivity contribution in [2.24, 2.45) is 0 Å². The Balaban J connectivity index is 2.77. The number of nitrogens with zero attached hydrogens (tertiary/aromatic N) is 1. The Morgan fingerprint density at radius 3 is 2.17 bits per heavy atom. The minimum absolute atomic E-state index is 0.0141. The number of rotatable bonds is 1. The predicted octanol–water partition coefficient (Wildman–Crippen LogP) is 0.975. The molecule has 12 heavy (non-hydrogen) atoms. The average molecular weight is 169 g/mol. The maximum atomic E-state index is 11.1. The molecular weight excluding hydrogens is 154 g/mol. The molecule has 0 unspecified atom stereocenters. The highest BCUT2D eigenvalue weighted by molar-refractivity contribution is 5.87. The summed E-state index contributed by atoms with van der Waals surface area (Å²) in [4.78, 5) is 24.0. The van der Waals surface area contributed by atoms with Gasteiger partial charge in [0.2, 0.25) is 5.91 Å². The van der Waals surface area contributed by atoms with E-state index >= 15 is 0 Å². The summed E-state index contributed by atoms with van der Waals surface area (Å²) in [6.07, 6.45) is 1.78. The van der Waals surface area contributed by atoms with E-state index in [-0.39, 0.29) is 23.8 Å². The van der Waals surface area contributed by atoms with Crippen LogP contribution in [0.25, 0.3) is 0 Å². The van der Waals surface area contributed by atoms with Crippen LogP contribution in [0.1, 0.15) is 33.6 Å². The number of amides is 1. The molecule has 0 aliphatic carbocycles. The van der Waals surface area contributed by atoms with Crippen molar-refractivity contribution in [3.05, 3.63) is 0 Å². The van der Waals surface area contributed by atoms with Gasteiger partial charge in [-0.1, -0.05) is 0 Å². The molecule has 1 rings (SSSR count). The third-order valence-corrected chi connectivity index (χ3v) is 2.50. The van der Waals surface area contributed by atoms with E-state index in [9.17, 15) is 9.59 Å². The van der Waals surface area contributed by atoms with E-state index in [0.717, 1.165) is 12.8 Å². The van der Waals surface area contributed by atoms with Crippen molar-refractivity contribution in [3.63, 3.8) is 0 Å². The first-order valence-electron chi connectivity index (χ1n) is 4.33. The van der Waals surface area contributed by atoms with Crippen LogP contribution in [-0.2, 0) is 9.59 Å². The lowest BCUT2D eigenvalue weighted by atomic mass is 10.1. The van der Waals surface area contributed by atoms with Gasteiger partial charge in [0.25, 0.3) is 0 Å². The minimum atomic E-state index is -0.155. The first-order chi connectivity index (χ1) is 5.54. The van der Waals surface area contributed by atoms with Crippen LogP contribution in [0.3, 0.4) is 0 Å². The highest BCUT2D eigenvalue weighted by Crippen LogP contribution is 2.24. The lowest BCUT2D eigenvalue weighted by Crippen LogP contribution is -2.41. The monoisotopic (exact) mass is 169 g/mol. The van der Waals surface area contributed by atoms with Crippen molar-refractivity contribution in [1.29, 1.82) is 0 Å². The number of hydrogen-bond acceptors (Lipinski definition) is 2. The summed E-state index contributed by atoms with van der Waals surface area (Å²) >= 11 is 0. The Labute approximate surface area is 72.7 Å². The Morgan fingerprint density at radius 2 is 1.83 bits per heavy atom. The second-order valence-electron chi connectivity index (χ2n) is 3.48. The van der Waals surface area contributed by atoms with E-state index in [1.807, 2.05) is 6.92 Å². The molecule has 1 aliphatic heterocycles. The van der Waals surface area contributed by atoms with Gasteiger partial charge in [0, 0.05) is 13.0 Å². The van der Waals surface area contributed by atoms with Crippen LogP contribution >= 0.6 is 0 Å². The smallest absolute Gasteiger partial charge is 0.220 e. The second-order valence-corrected chi connectivity index (χ2v) is 3.48. The van der Waals surface area contributed by atoms with E-state index in [2.05, 4.69) is 0 Å². The first kappa shape index (κ1) is 9.23. The van der Waals surface area contributed by atoms with Gasteiger partial charge in [0.15, 0.2) is 5.78 Å². The van der Waals surface area contributed by atoms with Gasteiger partial charge in [-0.3, -0.25) is 9.59 Å². The first-order valence-corrected chi connectivity index (χ1v) is 4.33. The Morgan fingerprint density at radius 1 is 1.25 bits per heavy atom. The molecule has 0 bridgehead atoms. The van der Waals surface area contributed by atoms with Crippen LogP contribution < -0.4 is 0 Å². The third-order valence-electron chi connectivity index (χ3n) is 2.50. The molecule has 1 heterocycles. The average Bonchev–Trinajstić information content (AvgIpc) is 2.30. The fourth-order valence-electron chi connectivity index (χ4n) is 1.91. The summed E-state index contributed by atoms with van der Waals surface area (Å²) in [7, 11) is 0. The number of ketones is 1. The highest BCUT2D eigenvalue weighted by Gasteiger charge is 2.34. The minimum Gasteiger partial charge on any atom is -0.330 e. The van der Waals surface area contributed by atoms with Crippen LogP contribution in [0.15, 0.2) is 0 Å². The molecule has 0 spiro atoms. The number of carbonyl (C=O) groups excluding carboxylic acids is 2. The molecule has 0 aromatic rings. The summed E-state index contributed by atoms with van der Waals surface area (Å²) in [6, 6.07) is 0.0777. The summed E-state index contributed by atoms with van der Waals surface area (Å²) in [6.45, 7) is 5.07. The zero-order valence-electron chi connectivity index (χ0n) is 7.83. The molecule has 1 aliphatic rings. The number of carbonyl (C=O) groups is 2. The van der Waals surface area contributed by atoms with Crippen LogP contribution in [0.5, 0.6) is 0 Å². The zero-order valence-corrected chi connectivity index (χ0v) is 7.83. The normalized spacial score (nSPS) is 29.1. The van der Waals surface area contributed by atoms with Gasteiger partial charge in [-0.25, -0.2) is 0 Å². The van der Waals surface area contributed by atoms with E-state index in [4.69, 9.17) is 0 Å². The molecular formula is C9H15NO2. The highest BCUT2D eigenvalue weighted by atomic mass is 16.2. The lowest BCUT2D eigenvalue weighted by Gasteiger charge is -2.25. The molecule has 1 fully saturated rings. The molecule has 2 atom stereocenters. The van der Waals surface area contributed by atoms with E-state index in [0.29, 0.717) is 0 Å². The largest absolute Gasteiger partial charge is 0.330 e. The molecule has 0 N–H and O–H groups in total. The van der Waals surface area contributed by atoms with Gasteiger partial charge >= 0.3 is 0 Å². The summed E-state index contributed by atoms with van der Waals surface area (Å²) in [5.74, 6) is 0.120. The van der Waals surface area contributed by atoms with Gasteiger partial charge < -0.3 is 4.90 Å². The summed E-state index contributed by atoms with van der Waals surface area (Å²) < 4.78 is 0. The number of Topliss-reactive ketones (excluding diaryl/α,β-unsaturated/α-hetero) is 1. The van der Waals surface area contributed by atoms with Crippen molar-refractivity contribution in [2.75, 3.05) is 0 Å². The van der Waals surface area contributed by atoms with Crippen LogP contribution in [0.2, 0.25) is 0 Å². The van der Waals surface area contributed by atoms with Gasteiger partial charge in [-0.15, -0.1) is 0 Å². The van der Waals surface area contributed by atoms with Crippen LogP contribution in [0, 0.1) is 0 Å². The zero-order chi connectivity index (χ0) is 9.30. The van der Waals surface area contributed by atoms with E-state index < -0.39 is 0 Å². The van der Waals surface area contributed by atoms with Gasteiger partial charge in [-0.05, 0) is 26.7 Å². The Bertz CT molecular complexity index is 213. The van der Waals surface area contributed by atoms with Crippen molar-refractivity contribution in [2.45, 2.75) is 45.7 Å². The summed E-state index contributed by atoms with van der Waals surface area (Å²) in [5, 5.41) is 0. The molecule has 68 valence electrons. The molecule has 0 aromatic heterocycles. The Kier molecular flexibility index (Phi) is 2.50. The maximum Gasteiger partial charge on any atom is 0.220 e. The molecule has 1 amide bonds. The van der Waals surface area contributed by atoms with Crippen molar-refractivity contribution in [1.82, 2.24) is 4.90 Å². The fourth-order valence-corrected chi connectivity index (χ4v) is 1.91. The molecule has 0 radical (unpaired) electrons. The van der Waals surface area contributed by atoms with Crippen molar-refractivity contribution >= 4 is 11.7 Å². The molecule has 1 saturated heterocycles. The molecule has 0 saturated carbocycles. The molecule has 3 heteroatoms. The topological polar surface area (TPSA) is 37.4 Å². The predicted molar refractivity (Wildman–Crippen MR) is 45.7 cm³/mol. The van der Waals surface area contributed by atoms with Crippen LogP contribution in [0.4, 0.5) is 0 Å². The Hall–Kier alpha value is -0.860. The SMILES string of the molecule is CC(=O)[C@@H]1CC[C@H](C)N1C(C)=O. The fraction of sp³-hybridized carbons (Fsp3) is 0.778. The van der Waals surface area contributed by atoms with Crippen molar-refractivity contribution in [3.8, 4) is 0 Å². The quantitative estimate of drug-likeness (QED) is 0.586. The molecule has 3 nitrogen and oxygen atoms in total. The van der Waals surface area contributed by atoms with E-state index in [1.165, 1.54) is 6.92 Å². The number of hydrogen-bond donors (Lipinski definition) is 0. The maximum absolute atomic E-state index is 11.1. The van der Waals surface area contributed by atoms with Gasteiger partial charge in [-0.2, -0.15) is 0 Å². The van der Waals surface area contributed by atoms with Crippen molar-refractivity contribution < 1.29 is 9.59 Å². The second kappa shape index (κ2) is 3.25. The van der Waals surface area contributed by atoms with Gasteiger partial charge in [0.05, 0.1) is 6.04 Å². The third kappa shape index (κ3) is 1.49. The van der Waals surface area contributed by atoms with Crippen LogP contribution in [-0.4, -0.2) is 28.7 Å². The lowest BCUT2D eigenvalue weighted by molar-refractivity contribution is -0.136. The summed E-state index contributed by atoms with van der Waals surface area (Å²) in [5.41, 5.74) is 0. The molecule has 0 aromatic carbocycles. The number of likely N-dealkylation sites (tertiary alicyclic amines) is 1. The van der Waals surface area contributed by atoms with E-state index in [1.54, 1.807) is 11.8 Å². The van der Waals surface area contributed by atoms with Gasteiger partial charge in [0.1, 0.15) is 0 Å².